The zero-order chi connectivity index (χ0) is 14.4. The highest BCUT2D eigenvalue weighted by Gasteiger charge is 2.31. The van der Waals surface area contributed by atoms with Crippen LogP contribution in [0, 0.1) is 11.7 Å². The van der Waals surface area contributed by atoms with Crippen LogP contribution < -0.4 is 5.32 Å². The molecule has 1 aliphatic carbocycles. The Balaban J connectivity index is 1.80. The lowest BCUT2D eigenvalue weighted by atomic mass is 10.0. The van der Waals surface area contributed by atoms with Gasteiger partial charge in [0, 0.05) is 6.04 Å². The lowest BCUT2D eigenvalue weighted by Crippen LogP contribution is -2.29. The molecule has 1 aromatic rings. The molecule has 1 aromatic carbocycles. The second kappa shape index (κ2) is 7.75. The molecule has 0 bridgehead atoms. The van der Waals surface area contributed by atoms with Gasteiger partial charge in [0.05, 0.1) is 0 Å². The van der Waals surface area contributed by atoms with Gasteiger partial charge in [-0.15, -0.1) is 0 Å². The molecule has 0 aromatic heterocycles. The van der Waals surface area contributed by atoms with E-state index in [9.17, 15) is 4.39 Å². The second-order valence-electron chi connectivity index (χ2n) is 5.70. The quantitative estimate of drug-likeness (QED) is 0.694. The van der Waals surface area contributed by atoms with Gasteiger partial charge in [0.1, 0.15) is 5.82 Å². The topological polar surface area (TPSA) is 15.3 Å². The molecule has 2 nitrogen and oxygen atoms in total. The maximum atomic E-state index is 13.0. The van der Waals surface area contributed by atoms with Crippen LogP contribution in [0.2, 0.25) is 0 Å². The van der Waals surface area contributed by atoms with Crippen LogP contribution in [0.5, 0.6) is 0 Å². The fraction of sp³-hybridized carbons (Fsp3) is 0.647. The average Bonchev–Trinajstić information content (AvgIpc) is 3.29. The summed E-state index contributed by atoms with van der Waals surface area (Å²) in [5.41, 5.74) is 1.23. The fourth-order valence-electron chi connectivity index (χ4n) is 2.76. The Hall–Kier alpha value is -0.930. The van der Waals surface area contributed by atoms with Gasteiger partial charge in [-0.25, -0.2) is 4.39 Å². The summed E-state index contributed by atoms with van der Waals surface area (Å²) >= 11 is 0. The summed E-state index contributed by atoms with van der Waals surface area (Å²) in [6.07, 6.45) is 3.77. The molecule has 20 heavy (non-hydrogen) atoms. The minimum atomic E-state index is -0.148. The Bertz CT molecular complexity index is 382. The van der Waals surface area contributed by atoms with Crippen molar-refractivity contribution in [3.8, 4) is 0 Å². The number of hydrogen-bond donors (Lipinski definition) is 1. The van der Waals surface area contributed by atoms with Crippen LogP contribution in [-0.4, -0.2) is 31.1 Å². The van der Waals surface area contributed by atoms with E-state index in [0.29, 0.717) is 6.04 Å². The molecular weight excluding hydrogens is 251 g/mol. The highest BCUT2D eigenvalue weighted by Crippen LogP contribution is 2.40. The monoisotopic (exact) mass is 278 g/mol. The molecule has 2 rings (SSSR count). The van der Waals surface area contributed by atoms with E-state index in [4.69, 9.17) is 0 Å². The van der Waals surface area contributed by atoms with E-state index < -0.39 is 0 Å². The highest BCUT2D eigenvalue weighted by molar-refractivity contribution is 5.21. The van der Waals surface area contributed by atoms with Crippen molar-refractivity contribution in [2.24, 2.45) is 5.92 Å². The number of halogens is 1. The first-order valence-electron chi connectivity index (χ1n) is 7.95. The molecule has 0 aliphatic heterocycles. The predicted molar refractivity (Wildman–Crippen MR) is 82.3 cm³/mol. The SMILES string of the molecule is CCN(CC)CCCNC(c1ccc(F)cc1)C1CC1. The summed E-state index contributed by atoms with van der Waals surface area (Å²) < 4.78 is 13.0. The molecule has 0 amide bonds. The van der Waals surface area contributed by atoms with Gasteiger partial charge in [0.25, 0.3) is 0 Å². The van der Waals surface area contributed by atoms with Crippen LogP contribution in [0.4, 0.5) is 4.39 Å². The summed E-state index contributed by atoms with van der Waals surface area (Å²) in [5, 5.41) is 3.67. The zero-order valence-electron chi connectivity index (χ0n) is 12.7. The van der Waals surface area contributed by atoms with E-state index >= 15 is 0 Å². The Morgan fingerprint density at radius 1 is 1.20 bits per heavy atom. The van der Waals surface area contributed by atoms with E-state index in [-0.39, 0.29) is 5.82 Å². The molecule has 1 unspecified atom stereocenters. The summed E-state index contributed by atoms with van der Waals surface area (Å²) in [6, 6.07) is 7.41. The Kier molecular flexibility index (Phi) is 5.99. The Morgan fingerprint density at radius 3 is 2.40 bits per heavy atom. The first-order valence-corrected chi connectivity index (χ1v) is 7.95. The van der Waals surface area contributed by atoms with Crippen LogP contribution in [0.15, 0.2) is 24.3 Å². The van der Waals surface area contributed by atoms with E-state index in [0.717, 1.165) is 32.1 Å². The molecule has 0 radical (unpaired) electrons. The highest BCUT2D eigenvalue weighted by atomic mass is 19.1. The molecule has 112 valence electrons. The minimum Gasteiger partial charge on any atom is -0.310 e. The Labute approximate surface area is 122 Å². The molecule has 3 heteroatoms. The van der Waals surface area contributed by atoms with Crippen LogP contribution in [0.1, 0.15) is 44.7 Å². The third-order valence-corrected chi connectivity index (χ3v) is 4.23. The van der Waals surface area contributed by atoms with Gasteiger partial charge in [-0.3, -0.25) is 0 Å². The van der Waals surface area contributed by atoms with Crippen molar-refractivity contribution in [1.82, 2.24) is 10.2 Å². The smallest absolute Gasteiger partial charge is 0.123 e. The molecule has 1 N–H and O–H groups in total. The third-order valence-electron chi connectivity index (χ3n) is 4.23. The molecule has 0 saturated heterocycles. The number of rotatable bonds is 9. The van der Waals surface area contributed by atoms with Gasteiger partial charge >= 0.3 is 0 Å². The minimum absolute atomic E-state index is 0.148. The third kappa shape index (κ3) is 4.57. The maximum absolute atomic E-state index is 13.0. The number of hydrogen-bond acceptors (Lipinski definition) is 2. The van der Waals surface area contributed by atoms with Gasteiger partial charge < -0.3 is 10.2 Å². The first-order chi connectivity index (χ1) is 9.74. The summed E-state index contributed by atoms with van der Waals surface area (Å²) in [6.45, 7) is 8.86. The lowest BCUT2D eigenvalue weighted by molar-refractivity contribution is 0.294. The molecular formula is C17H27FN2. The fourth-order valence-corrected chi connectivity index (χ4v) is 2.76. The van der Waals surface area contributed by atoms with Crippen molar-refractivity contribution in [3.63, 3.8) is 0 Å². The summed E-state index contributed by atoms with van der Waals surface area (Å²) in [4.78, 5) is 2.45. The molecule has 0 spiro atoms. The first kappa shape index (κ1) is 15.5. The second-order valence-corrected chi connectivity index (χ2v) is 5.70. The number of nitrogens with one attached hydrogen (secondary N) is 1. The van der Waals surface area contributed by atoms with Crippen molar-refractivity contribution in [2.45, 2.75) is 39.2 Å². The summed E-state index contributed by atoms with van der Waals surface area (Å²) in [7, 11) is 0. The largest absolute Gasteiger partial charge is 0.310 e. The van der Waals surface area contributed by atoms with Crippen molar-refractivity contribution in [3.05, 3.63) is 35.6 Å². The van der Waals surface area contributed by atoms with E-state index in [1.807, 2.05) is 12.1 Å². The van der Waals surface area contributed by atoms with Gasteiger partial charge in [-0.2, -0.15) is 0 Å². The van der Waals surface area contributed by atoms with Crippen LogP contribution in [-0.2, 0) is 0 Å². The molecule has 0 heterocycles. The Morgan fingerprint density at radius 2 is 1.85 bits per heavy atom. The molecule has 1 saturated carbocycles. The van der Waals surface area contributed by atoms with E-state index in [2.05, 4.69) is 24.1 Å². The van der Waals surface area contributed by atoms with Gasteiger partial charge in [0.2, 0.25) is 0 Å². The van der Waals surface area contributed by atoms with Gasteiger partial charge in [0.15, 0.2) is 0 Å². The molecule has 1 aliphatic rings. The number of nitrogens with zero attached hydrogens (tertiary/aromatic N) is 1. The zero-order valence-corrected chi connectivity index (χ0v) is 12.7. The predicted octanol–water partition coefficient (Wildman–Crippen LogP) is 3.60. The van der Waals surface area contributed by atoms with Gasteiger partial charge in [-0.05, 0) is 69.1 Å². The van der Waals surface area contributed by atoms with Crippen molar-refractivity contribution >= 4 is 0 Å². The lowest BCUT2D eigenvalue weighted by Gasteiger charge is -2.21. The average molecular weight is 278 g/mol. The molecule has 1 atom stereocenters. The molecule has 1 fully saturated rings. The van der Waals surface area contributed by atoms with E-state index in [1.165, 1.54) is 24.8 Å². The van der Waals surface area contributed by atoms with Crippen molar-refractivity contribution < 1.29 is 4.39 Å². The standard InChI is InChI=1S/C17H27FN2/c1-3-20(4-2)13-5-12-19-17(14-6-7-14)15-8-10-16(18)11-9-15/h8-11,14,17,19H,3-7,12-13H2,1-2H3. The van der Waals surface area contributed by atoms with Crippen molar-refractivity contribution in [1.29, 1.82) is 0 Å². The van der Waals surface area contributed by atoms with Crippen LogP contribution >= 0.6 is 0 Å². The summed E-state index contributed by atoms with van der Waals surface area (Å²) in [5.74, 6) is 0.596. The van der Waals surface area contributed by atoms with Gasteiger partial charge in [-0.1, -0.05) is 26.0 Å². The normalized spacial score (nSPS) is 16.6. The van der Waals surface area contributed by atoms with Crippen LogP contribution in [0.3, 0.4) is 0 Å². The van der Waals surface area contributed by atoms with Crippen molar-refractivity contribution in [2.75, 3.05) is 26.2 Å². The van der Waals surface area contributed by atoms with Crippen LogP contribution in [0.25, 0.3) is 0 Å². The maximum Gasteiger partial charge on any atom is 0.123 e. The van der Waals surface area contributed by atoms with E-state index in [1.54, 1.807) is 12.1 Å². The number of benzene rings is 1.